The molecule has 1 aliphatic heterocycles. The van der Waals surface area contributed by atoms with E-state index < -0.39 is 12.0 Å². The van der Waals surface area contributed by atoms with Crippen molar-refractivity contribution in [2.24, 2.45) is 5.41 Å². The minimum atomic E-state index is -0.757. The maximum atomic E-state index is 11.5. The van der Waals surface area contributed by atoms with Gasteiger partial charge in [0, 0.05) is 19.5 Å². The summed E-state index contributed by atoms with van der Waals surface area (Å²) < 4.78 is 0. The van der Waals surface area contributed by atoms with E-state index in [4.69, 9.17) is 5.26 Å². The van der Waals surface area contributed by atoms with E-state index in [1.165, 1.54) is 5.56 Å². The molecule has 3 rings (SSSR count). The highest BCUT2D eigenvalue weighted by Crippen LogP contribution is 2.49. The van der Waals surface area contributed by atoms with Gasteiger partial charge in [0.25, 0.3) is 0 Å². The number of carboxylic acid groups (broad SMARTS) is 1. The molecule has 1 heterocycles. The first-order valence-electron chi connectivity index (χ1n) is 7.04. The Hall–Kier alpha value is -1.86. The molecule has 1 atom stereocenters. The Morgan fingerprint density at radius 1 is 1.40 bits per heavy atom. The third-order valence-electron chi connectivity index (χ3n) is 4.58. The maximum absolute atomic E-state index is 11.5. The zero-order chi connectivity index (χ0) is 14.2. The second-order valence-corrected chi connectivity index (χ2v) is 6.07. The molecule has 1 fully saturated rings. The number of rotatable bonds is 4. The molecular formula is C16H18N2O2. The fraction of sp³-hybridized carbons (Fsp3) is 0.500. The van der Waals surface area contributed by atoms with Gasteiger partial charge in [-0.05, 0) is 35.8 Å². The molecule has 1 unspecified atom stereocenters. The first-order chi connectivity index (χ1) is 9.63. The standard InChI is InChI=1S/C16H18N2O2/c17-8-7-16(5-6-16)11-18-10-13-4-2-1-3-12(13)9-14(18)15(19)20/h1-4,14H,5-7,9-11H2,(H,19,20). The summed E-state index contributed by atoms with van der Waals surface area (Å²) in [5.74, 6) is -0.757. The highest BCUT2D eigenvalue weighted by molar-refractivity contribution is 5.74. The fourth-order valence-corrected chi connectivity index (χ4v) is 3.15. The Morgan fingerprint density at radius 2 is 2.10 bits per heavy atom. The van der Waals surface area contributed by atoms with Gasteiger partial charge in [-0.2, -0.15) is 5.26 Å². The predicted molar refractivity (Wildman–Crippen MR) is 73.9 cm³/mol. The second kappa shape index (κ2) is 4.92. The van der Waals surface area contributed by atoms with Gasteiger partial charge in [-0.3, -0.25) is 9.69 Å². The number of carbonyl (C=O) groups is 1. The van der Waals surface area contributed by atoms with Crippen LogP contribution in [0.25, 0.3) is 0 Å². The molecule has 104 valence electrons. The fourth-order valence-electron chi connectivity index (χ4n) is 3.15. The number of hydrogen-bond donors (Lipinski definition) is 1. The van der Waals surface area contributed by atoms with Crippen LogP contribution in [0.2, 0.25) is 0 Å². The van der Waals surface area contributed by atoms with Crippen molar-refractivity contribution in [1.29, 1.82) is 5.26 Å². The summed E-state index contributed by atoms with van der Waals surface area (Å²) in [7, 11) is 0. The van der Waals surface area contributed by atoms with Crippen molar-refractivity contribution in [2.45, 2.75) is 38.3 Å². The lowest BCUT2D eigenvalue weighted by Crippen LogP contribution is -2.47. The zero-order valence-electron chi connectivity index (χ0n) is 11.4. The van der Waals surface area contributed by atoms with Gasteiger partial charge in [0.05, 0.1) is 6.07 Å². The van der Waals surface area contributed by atoms with Crippen LogP contribution in [0.15, 0.2) is 24.3 Å². The minimum absolute atomic E-state index is 0.0503. The van der Waals surface area contributed by atoms with E-state index in [-0.39, 0.29) is 5.41 Å². The van der Waals surface area contributed by atoms with Crippen LogP contribution < -0.4 is 0 Å². The normalized spacial score (nSPS) is 23.6. The molecular weight excluding hydrogens is 252 g/mol. The number of aliphatic carboxylic acids is 1. The molecule has 1 aromatic rings. The summed E-state index contributed by atoms with van der Waals surface area (Å²) in [5.41, 5.74) is 2.41. The number of nitriles is 1. The van der Waals surface area contributed by atoms with E-state index in [9.17, 15) is 9.90 Å². The Labute approximate surface area is 118 Å². The van der Waals surface area contributed by atoms with Crippen molar-refractivity contribution in [3.8, 4) is 6.07 Å². The van der Waals surface area contributed by atoms with Crippen LogP contribution >= 0.6 is 0 Å². The van der Waals surface area contributed by atoms with Gasteiger partial charge < -0.3 is 5.11 Å². The average Bonchev–Trinajstić information content (AvgIpc) is 3.17. The molecule has 4 heteroatoms. The summed E-state index contributed by atoms with van der Waals surface area (Å²) in [6.07, 6.45) is 3.20. The minimum Gasteiger partial charge on any atom is -0.480 e. The average molecular weight is 270 g/mol. The van der Waals surface area contributed by atoms with Gasteiger partial charge in [0.15, 0.2) is 0 Å². The molecule has 20 heavy (non-hydrogen) atoms. The van der Waals surface area contributed by atoms with Gasteiger partial charge in [0.1, 0.15) is 6.04 Å². The number of nitrogens with zero attached hydrogens (tertiary/aromatic N) is 2. The van der Waals surface area contributed by atoms with E-state index >= 15 is 0 Å². The molecule has 0 radical (unpaired) electrons. The monoisotopic (exact) mass is 270 g/mol. The largest absolute Gasteiger partial charge is 0.480 e. The number of fused-ring (bicyclic) bond motifs is 1. The first kappa shape index (κ1) is 13.1. The van der Waals surface area contributed by atoms with Crippen LogP contribution in [-0.2, 0) is 17.8 Å². The topological polar surface area (TPSA) is 64.3 Å². The Kier molecular flexibility index (Phi) is 3.23. The van der Waals surface area contributed by atoms with E-state index in [2.05, 4.69) is 17.0 Å². The smallest absolute Gasteiger partial charge is 0.321 e. The lowest BCUT2D eigenvalue weighted by atomic mass is 9.92. The third-order valence-corrected chi connectivity index (χ3v) is 4.58. The van der Waals surface area contributed by atoms with Crippen LogP contribution in [0.4, 0.5) is 0 Å². The van der Waals surface area contributed by atoms with Gasteiger partial charge in [-0.25, -0.2) is 0 Å². The van der Waals surface area contributed by atoms with Crippen LogP contribution in [-0.4, -0.2) is 28.6 Å². The summed E-state index contributed by atoms with van der Waals surface area (Å²) in [6, 6.07) is 9.85. The lowest BCUT2D eigenvalue weighted by Gasteiger charge is -2.36. The molecule has 4 nitrogen and oxygen atoms in total. The van der Waals surface area contributed by atoms with Crippen molar-refractivity contribution in [3.63, 3.8) is 0 Å². The molecule has 1 saturated carbocycles. The number of benzene rings is 1. The van der Waals surface area contributed by atoms with Crippen molar-refractivity contribution in [1.82, 2.24) is 4.90 Å². The maximum Gasteiger partial charge on any atom is 0.321 e. The molecule has 0 spiro atoms. The summed E-state index contributed by atoms with van der Waals surface area (Å²) in [4.78, 5) is 13.6. The van der Waals surface area contributed by atoms with Gasteiger partial charge >= 0.3 is 5.97 Å². The first-order valence-corrected chi connectivity index (χ1v) is 7.04. The quantitative estimate of drug-likeness (QED) is 0.911. The molecule has 0 amide bonds. The van der Waals surface area contributed by atoms with Gasteiger partial charge in [0.2, 0.25) is 0 Å². The van der Waals surface area contributed by atoms with Crippen LogP contribution in [0, 0.1) is 16.7 Å². The molecule has 1 N–H and O–H groups in total. The Morgan fingerprint density at radius 3 is 2.70 bits per heavy atom. The highest BCUT2D eigenvalue weighted by atomic mass is 16.4. The third kappa shape index (κ3) is 2.41. The van der Waals surface area contributed by atoms with Gasteiger partial charge in [-0.1, -0.05) is 24.3 Å². The predicted octanol–water partition coefficient (Wildman–Crippen LogP) is 2.19. The van der Waals surface area contributed by atoms with E-state index in [0.29, 0.717) is 19.4 Å². The van der Waals surface area contributed by atoms with Gasteiger partial charge in [-0.15, -0.1) is 0 Å². The molecule has 1 aromatic carbocycles. The highest BCUT2D eigenvalue weighted by Gasteiger charge is 2.46. The molecule has 0 bridgehead atoms. The molecule has 1 aliphatic carbocycles. The van der Waals surface area contributed by atoms with E-state index in [0.717, 1.165) is 24.9 Å². The SMILES string of the molecule is N#CCC1(CN2Cc3ccccc3CC2C(=O)O)CC1. The summed E-state index contributed by atoms with van der Waals surface area (Å²) in [5, 5.41) is 18.4. The second-order valence-electron chi connectivity index (χ2n) is 6.07. The van der Waals surface area contributed by atoms with Crippen LogP contribution in [0.5, 0.6) is 0 Å². The Bertz CT molecular complexity index is 572. The number of carboxylic acids is 1. The van der Waals surface area contributed by atoms with Crippen LogP contribution in [0.3, 0.4) is 0 Å². The summed E-state index contributed by atoms with van der Waals surface area (Å²) >= 11 is 0. The molecule has 2 aliphatic rings. The molecule has 0 saturated heterocycles. The van der Waals surface area contributed by atoms with Crippen molar-refractivity contribution in [2.75, 3.05) is 6.54 Å². The number of hydrogen-bond acceptors (Lipinski definition) is 3. The van der Waals surface area contributed by atoms with E-state index in [1.807, 2.05) is 18.2 Å². The van der Waals surface area contributed by atoms with Crippen LogP contribution in [0.1, 0.15) is 30.4 Å². The van der Waals surface area contributed by atoms with E-state index in [1.54, 1.807) is 0 Å². The summed E-state index contributed by atoms with van der Waals surface area (Å²) in [6.45, 7) is 1.41. The van der Waals surface area contributed by atoms with Crippen molar-refractivity contribution in [3.05, 3.63) is 35.4 Å². The Balaban J connectivity index is 1.82. The lowest BCUT2D eigenvalue weighted by molar-refractivity contribution is -0.144. The molecule has 0 aromatic heterocycles. The van der Waals surface area contributed by atoms with Crippen molar-refractivity contribution >= 4 is 5.97 Å². The zero-order valence-corrected chi connectivity index (χ0v) is 11.4. The van der Waals surface area contributed by atoms with Crippen molar-refractivity contribution < 1.29 is 9.90 Å².